The van der Waals surface area contributed by atoms with Gasteiger partial charge < -0.3 is 10.4 Å². The number of halogens is 4. The van der Waals surface area contributed by atoms with Gasteiger partial charge in [0.25, 0.3) is 15.7 Å². The molecule has 14 heteroatoms. The van der Waals surface area contributed by atoms with Crippen molar-refractivity contribution in [3.8, 4) is 11.6 Å². The van der Waals surface area contributed by atoms with Crippen molar-refractivity contribution in [2.45, 2.75) is 23.5 Å². The first-order valence-electron chi connectivity index (χ1n) is 10.8. The molecule has 0 saturated carbocycles. The molecule has 4 aromatic rings. The second-order valence-corrected chi connectivity index (χ2v) is 10.4. The number of benzene rings is 2. The fraction of sp³-hybridized carbons (Fsp3) is 0.125. The van der Waals surface area contributed by atoms with Crippen molar-refractivity contribution in [1.29, 1.82) is 0 Å². The van der Waals surface area contributed by atoms with Crippen molar-refractivity contribution in [1.82, 2.24) is 19.4 Å². The molecule has 4 rings (SSSR count). The first-order chi connectivity index (χ1) is 17.9. The molecule has 2 aromatic carbocycles. The summed E-state index contributed by atoms with van der Waals surface area (Å²) in [5.74, 6) is -1.01. The summed E-state index contributed by atoms with van der Waals surface area (Å²) in [5, 5.41) is 13.7. The Bertz CT molecular complexity index is 1650. The normalized spacial score (nSPS) is 11.9. The summed E-state index contributed by atoms with van der Waals surface area (Å²) in [6.07, 6.45) is 3.83. The lowest BCUT2D eigenvalue weighted by molar-refractivity contribution is -0.0436. The zero-order valence-corrected chi connectivity index (χ0v) is 20.8. The van der Waals surface area contributed by atoms with E-state index in [-0.39, 0.29) is 24.3 Å². The van der Waals surface area contributed by atoms with Gasteiger partial charge in [0.05, 0.1) is 28.9 Å². The van der Waals surface area contributed by atoms with Crippen molar-refractivity contribution in [2.24, 2.45) is 0 Å². The second kappa shape index (κ2) is 10.3. The number of imidazole rings is 1. The first kappa shape index (κ1) is 26.9. The van der Waals surface area contributed by atoms with Crippen molar-refractivity contribution in [3.63, 3.8) is 0 Å². The average Bonchev–Trinajstić information content (AvgIpc) is 3.15. The van der Waals surface area contributed by atoms with Crippen LogP contribution in [0.1, 0.15) is 21.5 Å². The molecule has 0 unspecified atom stereocenters. The molecule has 0 aliphatic rings. The Morgan fingerprint density at radius 2 is 1.71 bits per heavy atom. The van der Waals surface area contributed by atoms with E-state index >= 15 is 0 Å². The van der Waals surface area contributed by atoms with E-state index in [0.717, 1.165) is 33.0 Å². The van der Waals surface area contributed by atoms with Gasteiger partial charge in [0.15, 0.2) is 0 Å². The zero-order valence-electron chi connectivity index (χ0n) is 19.2. The van der Waals surface area contributed by atoms with Gasteiger partial charge in [-0.25, -0.2) is 17.8 Å². The van der Waals surface area contributed by atoms with Crippen LogP contribution in [0, 0.1) is 0 Å². The van der Waals surface area contributed by atoms with Crippen LogP contribution >= 0.6 is 11.6 Å². The highest BCUT2D eigenvalue weighted by Gasteiger charge is 2.46. The fourth-order valence-electron chi connectivity index (χ4n) is 3.57. The molecule has 0 radical (unpaired) electrons. The molecule has 9 nitrogen and oxygen atoms in total. The van der Waals surface area contributed by atoms with E-state index in [9.17, 15) is 36.3 Å². The Labute approximate surface area is 218 Å². The molecule has 2 heterocycles. The Hall–Kier alpha value is -4.10. The lowest BCUT2D eigenvalue weighted by Gasteiger charge is -2.10. The lowest BCUT2D eigenvalue weighted by Crippen LogP contribution is -2.27. The van der Waals surface area contributed by atoms with Crippen LogP contribution in [0.4, 0.5) is 13.2 Å². The molecular formula is C24H18ClF3N4O5S. The van der Waals surface area contributed by atoms with E-state index in [4.69, 9.17) is 11.6 Å². The smallest absolute Gasteiger partial charge is 0.493 e. The predicted octanol–water partition coefficient (Wildman–Crippen LogP) is 3.66. The number of amides is 1. The number of carbonyl (C=O) groups excluding carboxylic acids is 1. The van der Waals surface area contributed by atoms with Crippen LogP contribution in [0.15, 0.2) is 82.9 Å². The quantitative estimate of drug-likeness (QED) is 0.352. The monoisotopic (exact) mass is 566 g/mol. The molecule has 0 atom stereocenters. The maximum absolute atomic E-state index is 13.0. The van der Waals surface area contributed by atoms with Gasteiger partial charge in [-0.1, -0.05) is 23.7 Å². The fourth-order valence-corrected chi connectivity index (χ4v) is 4.46. The number of alkyl halides is 3. The number of aromatic hydroxyl groups is 1. The summed E-state index contributed by atoms with van der Waals surface area (Å²) in [6, 6.07) is 11.7. The second-order valence-electron chi connectivity index (χ2n) is 8.02. The highest BCUT2D eigenvalue weighted by Crippen LogP contribution is 2.30. The molecule has 0 bridgehead atoms. The van der Waals surface area contributed by atoms with Gasteiger partial charge in [-0.05, 0) is 53.6 Å². The van der Waals surface area contributed by atoms with E-state index in [1.807, 2.05) is 0 Å². The van der Waals surface area contributed by atoms with Gasteiger partial charge in [0.1, 0.15) is 0 Å². The molecule has 0 fully saturated rings. The molecule has 198 valence electrons. The number of carbonyl (C=O) groups is 1. The van der Waals surface area contributed by atoms with Crippen LogP contribution in [0.5, 0.6) is 5.88 Å². The van der Waals surface area contributed by atoms with Crippen molar-refractivity contribution in [2.75, 3.05) is 0 Å². The molecular weight excluding hydrogens is 549 g/mol. The van der Waals surface area contributed by atoms with Gasteiger partial charge in [-0.15, -0.1) is 0 Å². The van der Waals surface area contributed by atoms with Gasteiger partial charge in [0, 0.05) is 24.0 Å². The number of nitrogens with zero attached hydrogens (tertiary/aromatic N) is 3. The van der Waals surface area contributed by atoms with Crippen molar-refractivity contribution >= 4 is 27.3 Å². The predicted molar refractivity (Wildman–Crippen MR) is 131 cm³/mol. The number of nitrogens with one attached hydrogen (secondary N) is 1. The number of hydrogen-bond acceptors (Lipinski definition) is 6. The van der Waals surface area contributed by atoms with Crippen LogP contribution in [-0.2, 0) is 22.9 Å². The van der Waals surface area contributed by atoms with Gasteiger partial charge >= 0.3 is 11.2 Å². The lowest BCUT2D eigenvalue weighted by atomic mass is 10.1. The minimum Gasteiger partial charge on any atom is -0.493 e. The topological polar surface area (TPSA) is 123 Å². The third-order valence-corrected chi connectivity index (χ3v) is 7.26. The number of sulfone groups is 1. The minimum absolute atomic E-state index is 0.0666. The van der Waals surface area contributed by atoms with E-state index in [1.54, 1.807) is 24.3 Å². The van der Waals surface area contributed by atoms with Gasteiger partial charge in [-0.2, -0.15) is 13.2 Å². The number of aromatic nitrogens is 3. The Balaban J connectivity index is 1.57. The number of hydrogen-bond donors (Lipinski definition) is 2. The summed E-state index contributed by atoms with van der Waals surface area (Å²) in [6.45, 7) is 0.0631. The SMILES string of the molecule is O=C(NCc1ccc(Cl)cc1)c1cnccc1Cn1cc(O)n(-c2ccc(S(=O)(=O)C(F)(F)F)cc2)c1=O. The first-order valence-corrected chi connectivity index (χ1v) is 12.6. The average molecular weight is 567 g/mol. The Morgan fingerprint density at radius 3 is 2.34 bits per heavy atom. The number of rotatable bonds is 7. The summed E-state index contributed by atoms with van der Waals surface area (Å²) in [5.41, 5.74) is -4.94. The van der Waals surface area contributed by atoms with E-state index in [1.165, 1.54) is 18.5 Å². The van der Waals surface area contributed by atoms with E-state index in [2.05, 4.69) is 10.3 Å². The van der Waals surface area contributed by atoms with Gasteiger partial charge in [-0.3, -0.25) is 14.3 Å². The Morgan fingerprint density at radius 1 is 1.05 bits per heavy atom. The molecule has 2 N–H and O–H groups in total. The highest BCUT2D eigenvalue weighted by molar-refractivity contribution is 7.92. The number of pyridine rings is 1. The summed E-state index contributed by atoms with van der Waals surface area (Å²) < 4.78 is 63.4. The third kappa shape index (κ3) is 5.43. The molecule has 0 saturated heterocycles. The van der Waals surface area contributed by atoms with Crippen LogP contribution in [0.3, 0.4) is 0 Å². The third-order valence-electron chi connectivity index (χ3n) is 5.51. The Kier molecular flexibility index (Phi) is 7.33. The molecule has 0 aliphatic carbocycles. The van der Waals surface area contributed by atoms with Crippen LogP contribution < -0.4 is 11.0 Å². The molecule has 38 heavy (non-hydrogen) atoms. The summed E-state index contributed by atoms with van der Waals surface area (Å²) >= 11 is 5.87. The largest absolute Gasteiger partial charge is 0.501 e. The van der Waals surface area contributed by atoms with Crippen molar-refractivity contribution < 1.29 is 31.5 Å². The van der Waals surface area contributed by atoms with Crippen LogP contribution in [0.2, 0.25) is 5.02 Å². The summed E-state index contributed by atoms with van der Waals surface area (Å²) in [4.78, 5) is 28.8. The molecule has 2 aromatic heterocycles. The van der Waals surface area contributed by atoms with Crippen LogP contribution in [-0.4, -0.2) is 39.1 Å². The van der Waals surface area contributed by atoms with Crippen LogP contribution in [0.25, 0.3) is 5.69 Å². The van der Waals surface area contributed by atoms with E-state index < -0.39 is 37.7 Å². The maximum atomic E-state index is 13.0. The maximum Gasteiger partial charge on any atom is 0.501 e. The minimum atomic E-state index is -5.57. The molecule has 1 amide bonds. The highest BCUT2D eigenvalue weighted by atomic mass is 35.5. The van der Waals surface area contributed by atoms with Crippen molar-refractivity contribution in [3.05, 3.63) is 105 Å². The van der Waals surface area contributed by atoms with E-state index in [0.29, 0.717) is 22.7 Å². The molecule has 0 aliphatic heterocycles. The zero-order chi connectivity index (χ0) is 27.7. The van der Waals surface area contributed by atoms with Gasteiger partial charge in [0.2, 0.25) is 5.88 Å². The standard InChI is InChI=1S/C24H18ClF3N4O5S/c25-17-3-1-15(2-4-17)11-30-22(34)20-12-29-10-9-16(20)13-31-14-21(33)32(23(31)35)18-5-7-19(8-6-18)38(36,37)24(26,27)28/h1-10,12,14,33H,11,13H2,(H,30,34). The summed E-state index contributed by atoms with van der Waals surface area (Å²) in [7, 11) is -5.57. The molecule has 0 spiro atoms.